The third kappa shape index (κ3) is 2.34. The Balaban J connectivity index is 2.99. The van der Waals surface area contributed by atoms with E-state index in [1.165, 1.54) is 12.1 Å². The summed E-state index contributed by atoms with van der Waals surface area (Å²) in [5, 5.41) is 0. The van der Waals surface area contributed by atoms with Crippen LogP contribution in [0.25, 0.3) is 0 Å². The second-order valence-corrected chi connectivity index (χ2v) is 2.48. The van der Waals surface area contributed by atoms with Gasteiger partial charge in [-0.3, -0.25) is 0 Å². The smallest absolute Gasteiger partial charge is 0.170 e. The second-order valence-electron chi connectivity index (χ2n) is 2.48. The zero-order valence-corrected chi connectivity index (χ0v) is 6.81. The zero-order valence-electron chi connectivity index (χ0n) is 6.81. The SMILES string of the molecule is C=C[C]([13c]1ccccc1)C(F)(F)F. The van der Waals surface area contributed by atoms with Crippen molar-refractivity contribution in [1.29, 1.82) is 0 Å². The Hall–Kier alpha value is -1.25. The lowest BCUT2D eigenvalue weighted by molar-refractivity contribution is -0.104. The fourth-order valence-corrected chi connectivity index (χ4v) is 1.01. The van der Waals surface area contributed by atoms with Crippen molar-refractivity contribution in [2.24, 2.45) is 0 Å². The van der Waals surface area contributed by atoms with Gasteiger partial charge in [0, 0.05) is 0 Å². The van der Waals surface area contributed by atoms with Gasteiger partial charge < -0.3 is 0 Å². The van der Waals surface area contributed by atoms with Crippen LogP contribution in [-0.4, -0.2) is 6.18 Å². The Kier molecular flexibility index (Phi) is 2.76. The van der Waals surface area contributed by atoms with Gasteiger partial charge in [-0.1, -0.05) is 36.4 Å². The number of alkyl halides is 3. The number of hydrogen-bond donors (Lipinski definition) is 0. The van der Waals surface area contributed by atoms with Crippen molar-refractivity contribution in [2.75, 3.05) is 0 Å². The highest BCUT2D eigenvalue weighted by Gasteiger charge is 2.39. The molecule has 0 heterocycles. The molecule has 0 spiro atoms. The zero-order chi connectivity index (χ0) is 9.90. The Morgan fingerprint density at radius 1 is 1.15 bits per heavy atom. The lowest BCUT2D eigenvalue weighted by atomic mass is 10.2. The maximum Gasteiger partial charge on any atom is 0.403 e. The molecule has 13 heavy (non-hydrogen) atoms. The Morgan fingerprint density at radius 3 is 2.08 bits per heavy atom. The van der Waals surface area contributed by atoms with Crippen LogP contribution in [0.15, 0.2) is 43.0 Å². The molecule has 0 aliphatic heterocycles. The van der Waals surface area contributed by atoms with E-state index in [-0.39, 0.29) is 5.56 Å². The van der Waals surface area contributed by atoms with Gasteiger partial charge in [0.2, 0.25) is 0 Å². The molecule has 0 unspecified atom stereocenters. The van der Waals surface area contributed by atoms with Gasteiger partial charge in [0.1, 0.15) is 5.92 Å². The maximum atomic E-state index is 12.3. The maximum absolute atomic E-state index is 12.3. The van der Waals surface area contributed by atoms with E-state index >= 15 is 0 Å². The molecule has 0 aliphatic carbocycles. The first-order chi connectivity index (χ1) is 6.05. The third-order valence-electron chi connectivity index (χ3n) is 1.59. The largest absolute Gasteiger partial charge is 0.403 e. The molecule has 0 N–H and O–H groups in total. The topological polar surface area (TPSA) is 0 Å². The molecule has 0 aliphatic rings. The van der Waals surface area contributed by atoms with Crippen molar-refractivity contribution < 1.29 is 13.2 Å². The molecule has 0 nitrogen and oxygen atoms in total. The number of allylic oxidation sites excluding steroid dienone is 1. The molecule has 1 aromatic carbocycles. The highest BCUT2D eigenvalue weighted by atomic mass is 19.4. The molecular formula is C10H8F3. The summed E-state index contributed by atoms with van der Waals surface area (Å²) in [4.78, 5) is 0. The van der Waals surface area contributed by atoms with E-state index in [1.807, 2.05) is 0 Å². The van der Waals surface area contributed by atoms with Crippen molar-refractivity contribution in [3.05, 3.63) is 54.5 Å². The van der Waals surface area contributed by atoms with E-state index in [0.29, 0.717) is 0 Å². The van der Waals surface area contributed by atoms with Crippen LogP contribution in [0.4, 0.5) is 13.2 Å². The summed E-state index contributed by atoms with van der Waals surface area (Å²) in [7, 11) is 0. The average Bonchev–Trinajstić information content (AvgIpc) is 2.05. The van der Waals surface area contributed by atoms with E-state index in [1.54, 1.807) is 18.2 Å². The minimum Gasteiger partial charge on any atom is -0.170 e. The first-order valence-corrected chi connectivity index (χ1v) is 3.67. The molecule has 0 fully saturated rings. The Bertz CT molecular complexity index is 274. The van der Waals surface area contributed by atoms with Gasteiger partial charge in [-0.05, 0) is 5.56 Å². The average molecular weight is 186 g/mol. The van der Waals surface area contributed by atoms with Gasteiger partial charge in [0.05, 0.1) is 0 Å². The highest BCUT2D eigenvalue weighted by Crippen LogP contribution is 2.34. The molecule has 69 valence electrons. The van der Waals surface area contributed by atoms with Crippen LogP contribution < -0.4 is 0 Å². The van der Waals surface area contributed by atoms with Gasteiger partial charge >= 0.3 is 6.18 Å². The second kappa shape index (κ2) is 3.64. The van der Waals surface area contributed by atoms with Gasteiger partial charge in [-0.25, -0.2) is 0 Å². The van der Waals surface area contributed by atoms with E-state index < -0.39 is 12.1 Å². The molecule has 0 atom stereocenters. The van der Waals surface area contributed by atoms with Crippen LogP contribution in [0.1, 0.15) is 5.56 Å². The standard InChI is InChI=1S/C10H8F3/c1-2-9(10(11,12)13)8-6-4-3-5-7-8/h2-7H,1H2/i8+1. The highest BCUT2D eigenvalue weighted by molar-refractivity contribution is 5.38. The minimum atomic E-state index is -4.33. The van der Waals surface area contributed by atoms with E-state index in [9.17, 15) is 13.2 Å². The molecule has 0 saturated carbocycles. The van der Waals surface area contributed by atoms with Crippen molar-refractivity contribution in [3.63, 3.8) is 0 Å². The lowest BCUT2D eigenvalue weighted by Gasteiger charge is -2.15. The minimum absolute atomic E-state index is 0.144. The molecule has 0 aromatic heterocycles. The lowest BCUT2D eigenvalue weighted by Crippen LogP contribution is -2.19. The number of halogens is 3. The molecule has 1 rings (SSSR count). The van der Waals surface area contributed by atoms with Crippen LogP contribution in [0.5, 0.6) is 0 Å². The van der Waals surface area contributed by atoms with Crippen LogP contribution >= 0.6 is 0 Å². The number of hydrogen-bond acceptors (Lipinski definition) is 0. The molecule has 0 saturated heterocycles. The Morgan fingerprint density at radius 2 is 1.69 bits per heavy atom. The molecule has 0 amide bonds. The normalized spacial score (nSPS) is 11.7. The Labute approximate surface area is 74.7 Å². The monoisotopic (exact) mass is 186 g/mol. The van der Waals surface area contributed by atoms with Crippen molar-refractivity contribution >= 4 is 0 Å². The van der Waals surface area contributed by atoms with Gasteiger partial charge in [0.15, 0.2) is 0 Å². The van der Waals surface area contributed by atoms with Crippen molar-refractivity contribution in [2.45, 2.75) is 6.18 Å². The summed E-state index contributed by atoms with van der Waals surface area (Å²) in [5.74, 6) is -0.701. The quantitative estimate of drug-likeness (QED) is 0.664. The summed E-state index contributed by atoms with van der Waals surface area (Å²) in [6, 6.07) is 7.60. The summed E-state index contributed by atoms with van der Waals surface area (Å²) in [5.41, 5.74) is 0.144. The fraction of sp³-hybridized carbons (Fsp3) is 0.100. The molecule has 1 radical (unpaired) electrons. The number of rotatable bonds is 2. The van der Waals surface area contributed by atoms with Crippen LogP contribution in [0, 0.1) is 5.92 Å². The van der Waals surface area contributed by atoms with Gasteiger partial charge in [0.25, 0.3) is 0 Å². The van der Waals surface area contributed by atoms with Crippen LogP contribution in [0.3, 0.4) is 0 Å². The molecular weight excluding hydrogens is 178 g/mol. The van der Waals surface area contributed by atoms with E-state index in [0.717, 1.165) is 6.08 Å². The predicted molar refractivity (Wildman–Crippen MR) is 45.0 cm³/mol. The molecule has 3 heteroatoms. The summed E-state index contributed by atoms with van der Waals surface area (Å²) >= 11 is 0. The van der Waals surface area contributed by atoms with Crippen molar-refractivity contribution in [1.82, 2.24) is 0 Å². The summed E-state index contributed by atoms with van der Waals surface area (Å²) in [6.45, 7) is 3.15. The molecule has 0 bridgehead atoms. The third-order valence-corrected chi connectivity index (χ3v) is 1.59. The predicted octanol–water partition coefficient (Wildman–Crippen LogP) is 3.36. The van der Waals surface area contributed by atoms with E-state index in [4.69, 9.17) is 0 Å². The first kappa shape index (κ1) is 9.84. The van der Waals surface area contributed by atoms with E-state index in [2.05, 4.69) is 6.58 Å². The van der Waals surface area contributed by atoms with Gasteiger partial charge in [-0.15, -0.1) is 6.58 Å². The summed E-state index contributed by atoms with van der Waals surface area (Å²) in [6.07, 6.45) is -3.50. The van der Waals surface area contributed by atoms with Gasteiger partial charge in [-0.2, -0.15) is 13.2 Å². The van der Waals surface area contributed by atoms with Crippen molar-refractivity contribution in [3.8, 4) is 0 Å². The number of benzene rings is 1. The summed E-state index contributed by atoms with van der Waals surface area (Å²) < 4.78 is 36.9. The molecule has 1 aromatic rings. The fourth-order valence-electron chi connectivity index (χ4n) is 1.01. The van der Waals surface area contributed by atoms with Crippen LogP contribution in [-0.2, 0) is 0 Å². The van der Waals surface area contributed by atoms with Crippen LogP contribution in [0.2, 0.25) is 0 Å². The first-order valence-electron chi connectivity index (χ1n) is 3.67.